The van der Waals surface area contributed by atoms with Crippen LogP contribution in [0.3, 0.4) is 0 Å². The lowest BCUT2D eigenvalue weighted by Crippen LogP contribution is -2.03. The van der Waals surface area contributed by atoms with Crippen molar-refractivity contribution in [1.82, 2.24) is 5.16 Å². The molecule has 1 aromatic carbocycles. The van der Waals surface area contributed by atoms with E-state index in [1.807, 2.05) is 6.92 Å². The Morgan fingerprint density at radius 3 is 2.53 bits per heavy atom. The third-order valence-electron chi connectivity index (χ3n) is 2.65. The molecule has 0 atom stereocenters. The summed E-state index contributed by atoms with van der Waals surface area (Å²) in [5.74, 6) is -2.95. The standard InChI is InChI=1S/C13H11F2NO3/c1-2-4-9-11(13(17)18)12(16-19-9)10-7(14)5-3-6-8(10)15/h3,5-6H,2,4H2,1H3,(H,17,18). The second-order valence-electron chi connectivity index (χ2n) is 3.98. The van der Waals surface area contributed by atoms with Gasteiger partial charge in [-0.25, -0.2) is 13.6 Å². The fraction of sp³-hybridized carbons (Fsp3) is 0.231. The highest BCUT2D eigenvalue weighted by atomic mass is 19.1. The average Bonchev–Trinajstić information content (AvgIpc) is 2.73. The number of carbonyl (C=O) groups is 1. The summed E-state index contributed by atoms with van der Waals surface area (Å²) in [6.45, 7) is 1.83. The second kappa shape index (κ2) is 5.17. The maximum absolute atomic E-state index is 13.7. The van der Waals surface area contributed by atoms with E-state index < -0.39 is 23.2 Å². The summed E-state index contributed by atoms with van der Waals surface area (Å²) in [4.78, 5) is 11.2. The predicted molar refractivity (Wildman–Crippen MR) is 62.8 cm³/mol. The summed E-state index contributed by atoms with van der Waals surface area (Å²) >= 11 is 0. The number of benzene rings is 1. The molecule has 19 heavy (non-hydrogen) atoms. The topological polar surface area (TPSA) is 63.3 Å². The van der Waals surface area contributed by atoms with Gasteiger partial charge in [0.2, 0.25) is 0 Å². The molecule has 0 aliphatic carbocycles. The highest BCUT2D eigenvalue weighted by Crippen LogP contribution is 2.30. The summed E-state index contributed by atoms with van der Waals surface area (Å²) in [6.07, 6.45) is 0.972. The number of carboxylic acid groups (broad SMARTS) is 1. The first-order chi connectivity index (χ1) is 9.06. The Morgan fingerprint density at radius 2 is 2.00 bits per heavy atom. The lowest BCUT2D eigenvalue weighted by Gasteiger charge is -2.02. The van der Waals surface area contributed by atoms with Gasteiger partial charge in [-0.15, -0.1) is 0 Å². The monoisotopic (exact) mass is 267 g/mol. The zero-order valence-electron chi connectivity index (χ0n) is 10.1. The molecule has 6 heteroatoms. The molecule has 100 valence electrons. The Labute approximate surface area is 107 Å². The zero-order chi connectivity index (χ0) is 14.0. The van der Waals surface area contributed by atoms with Crippen molar-refractivity contribution >= 4 is 5.97 Å². The van der Waals surface area contributed by atoms with Gasteiger partial charge in [-0.2, -0.15) is 0 Å². The van der Waals surface area contributed by atoms with Gasteiger partial charge in [0.25, 0.3) is 0 Å². The van der Waals surface area contributed by atoms with Gasteiger partial charge in [0.1, 0.15) is 22.9 Å². The highest BCUT2D eigenvalue weighted by molar-refractivity contribution is 5.95. The Kier molecular flexibility index (Phi) is 3.59. The maximum atomic E-state index is 13.7. The predicted octanol–water partition coefficient (Wildman–Crippen LogP) is 3.27. The van der Waals surface area contributed by atoms with Crippen LogP contribution in [0.15, 0.2) is 22.7 Å². The van der Waals surface area contributed by atoms with Gasteiger partial charge < -0.3 is 9.63 Å². The summed E-state index contributed by atoms with van der Waals surface area (Å²) in [5, 5.41) is 12.7. The van der Waals surface area contributed by atoms with Crippen molar-refractivity contribution in [3.05, 3.63) is 41.2 Å². The van der Waals surface area contributed by atoms with Crippen molar-refractivity contribution in [2.75, 3.05) is 0 Å². The number of aromatic nitrogens is 1. The smallest absolute Gasteiger partial charge is 0.341 e. The van der Waals surface area contributed by atoms with E-state index in [-0.39, 0.29) is 17.0 Å². The summed E-state index contributed by atoms with van der Waals surface area (Å²) in [6, 6.07) is 3.28. The first-order valence-electron chi connectivity index (χ1n) is 5.72. The molecule has 2 aromatic rings. The van der Waals surface area contributed by atoms with Crippen molar-refractivity contribution in [3.63, 3.8) is 0 Å². The first kappa shape index (κ1) is 13.2. The van der Waals surface area contributed by atoms with E-state index in [2.05, 4.69) is 5.16 Å². The summed E-state index contributed by atoms with van der Waals surface area (Å²) in [5.41, 5.74) is -1.08. The Bertz CT molecular complexity index is 602. The van der Waals surface area contributed by atoms with Crippen LogP contribution in [0.2, 0.25) is 0 Å². The van der Waals surface area contributed by atoms with E-state index in [9.17, 15) is 13.6 Å². The molecule has 0 bridgehead atoms. The van der Waals surface area contributed by atoms with Crippen LogP contribution in [0.5, 0.6) is 0 Å². The highest BCUT2D eigenvalue weighted by Gasteiger charge is 2.26. The molecule has 0 aliphatic heterocycles. The fourth-order valence-corrected chi connectivity index (χ4v) is 1.84. The van der Waals surface area contributed by atoms with E-state index in [1.54, 1.807) is 0 Å². The Hall–Kier alpha value is -2.24. The van der Waals surface area contributed by atoms with E-state index in [0.29, 0.717) is 12.8 Å². The van der Waals surface area contributed by atoms with Crippen LogP contribution in [0, 0.1) is 11.6 Å². The van der Waals surface area contributed by atoms with Crippen molar-refractivity contribution in [1.29, 1.82) is 0 Å². The molecule has 1 heterocycles. The number of aromatic carboxylic acids is 1. The third kappa shape index (κ3) is 2.33. The zero-order valence-corrected chi connectivity index (χ0v) is 10.1. The van der Waals surface area contributed by atoms with Gasteiger partial charge >= 0.3 is 5.97 Å². The van der Waals surface area contributed by atoms with Crippen molar-refractivity contribution in [2.24, 2.45) is 0 Å². The molecule has 0 saturated carbocycles. The number of rotatable bonds is 4. The molecule has 4 nitrogen and oxygen atoms in total. The van der Waals surface area contributed by atoms with Crippen LogP contribution < -0.4 is 0 Å². The second-order valence-corrected chi connectivity index (χ2v) is 3.98. The number of halogens is 2. The van der Waals surface area contributed by atoms with Crippen molar-refractivity contribution < 1.29 is 23.2 Å². The molecule has 1 aromatic heterocycles. The minimum Gasteiger partial charge on any atom is -0.477 e. The van der Waals surface area contributed by atoms with E-state index in [1.165, 1.54) is 6.07 Å². The molecular weight excluding hydrogens is 256 g/mol. The lowest BCUT2D eigenvalue weighted by molar-refractivity contribution is 0.0695. The number of carboxylic acids is 1. The first-order valence-corrected chi connectivity index (χ1v) is 5.72. The minimum absolute atomic E-state index is 0.118. The van der Waals surface area contributed by atoms with Gasteiger partial charge in [-0.05, 0) is 18.6 Å². The quantitative estimate of drug-likeness (QED) is 0.923. The molecule has 0 unspecified atom stereocenters. The van der Waals surface area contributed by atoms with E-state index >= 15 is 0 Å². The van der Waals surface area contributed by atoms with Crippen molar-refractivity contribution in [2.45, 2.75) is 19.8 Å². The van der Waals surface area contributed by atoms with Crippen LogP contribution in [0.25, 0.3) is 11.3 Å². The molecule has 0 fully saturated rings. The van der Waals surface area contributed by atoms with Crippen molar-refractivity contribution in [3.8, 4) is 11.3 Å². The van der Waals surface area contributed by atoms with E-state index in [0.717, 1.165) is 12.1 Å². The largest absolute Gasteiger partial charge is 0.477 e. The molecular formula is C13H11F2NO3. The SMILES string of the molecule is CCCc1onc(-c2c(F)cccc2F)c1C(=O)O. The van der Waals surface area contributed by atoms with Gasteiger partial charge in [0, 0.05) is 6.42 Å². The third-order valence-corrected chi connectivity index (χ3v) is 2.65. The molecule has 2 rings (SSSR count). The molecule has 0 amide bonds. The summed E-state index contributed by atoms with van der Waals surface area (Å²) < 4.78 is 32.2. The fourth-order valence-electron chi connectivity index (χ4n) is 1.84. The Morgan fingerprint density at radius 1 is 1.37 bits per heavy atom. The summed E-state index contributed by atoms with van der Waals surface area (Å²) in [7, 11) is 0. The van der Waals surface area contributed by atoms with Gasteiger partial charge in [0.15, 0.2) is 5.76 Å². The number of hydrogen-bond donors (Lipinski definition) is 1. The molecule has 0 aliphatic rings. The number of nitrogens with zero attached hydrogens (tertiary/aromatic N) is 1. The molecule has 0 spiro atoms. The lowest BCUT2D eigenvalue weighted by atomic mass is 10.0. The average molecular weight is 267 g/mol. The van der Waals surface area contributed by atoms with Crippen LogP contribution in [-0.2, 0) is 6.42 Å². The van der Waals surface area contributed by atoms with Crippen LogP contribution in [-0.4, -0.2) is 16.2 Å². The van der Waals surface area contributed by atoms with Gasteiger partial charge in [0.05, 0.1) is 5.56 Å². The van der Waals surface area contributed by atoms with Crippen LogP contribution >= 0.6 is 0 Å². The van der Waals surface area contributed by atoms with Gasteiger partial charge in [-0.3, -0.25) is 0 Å². The normalized spacial score (nSPS) is 10.7. The van der Waals surface area contributed by atoms with Gasteiger partial charge in [-0.1, -0.05) is 18.1 Å². The Balaban J connectivity index is 2.66. The number of aryl methyl sites for hydroxylation is 1. The maximum Gasteiger partial charge on any atom is 0.341 e. The molecule has 1 N–H and O–H groups in total. The molecule has 0 radical (unpaired) electrons. The van der Waals surface area contributed by atoms with Crippen LogP contribution in [0.1, 0.15) is 29.5 Å². The minimum atomic E-state index is -1.32. The molecule has 0 saturated heterocycles. The van der Waals surface area contributed by atoms with Crippen LogP contribution in [0.4, 0.5) is 8.78 Å². The van der Waals surface area contributed by atoms with E-state index in [4.69, 9.17) is 9.63 Å². The number of hydrogen-bond acceptors (Lipinski definition) is 3.